The summed E-state index contributed by atoms with van der Waals surface area (Å²) in [6, 6.07) is 0.526. The Morgan fingerprint density at radius 3 is 2.78 bits per heavy atom. The molecule has 1 aliphatic carbocycles. The lowest BCUT2D eigenvalue weighted by molar-refractivity contribution is 0.0964. The lowest BCUT2D eigenvalue weighted by Crippen LogP contribution is -2.34. The third-order valence-electron chi connectivity index (χ3n) is 3.52. The summed E-state index contributed by atoms with van der Waals surface area (Å²) in [6.07, 6.45) is 4.92. The van der Waals surface area contributed by atoms with Crippen LogP contribution in [0.25, 0.3) is 0 Å². The molecule has 0 aromatic carbocycles. The van der Waals surface area contributed by atoms with Crippen LogP contribution in [0.15, 0.2) is 0 Å². The first-order valence-corrected chi connectivity index (χ1v) is 7.20. The first-order valence-electron chi connectivity index (χ1n) is 6.42. The first-order chi connectivity index (χ1) is 8.69. The van der Waals surface area contributed by atoms with Crippen molar-refractivity contribution in [2.24, 2.45) is 0 Å². The molecule has 1 aromatic rings. The van der Waals surface area contributed by atoms with E-state index in [-0.39, 0.29) is 5.91 Å². The summed E-state index contributed by atoms with van der Waals surface area (Å²) in [5, 5.41) is 3.56. The third kappa shape index (κ3) is 2.29. The van der Waals surface area contributed by atoms with Gasteiger partial charge in [-0.15, -0.1) is 0 Å². The van der Waals surface area contributed by atoms with Crippen LogP contribution >= 0.6 is 11.5 Å². The number of amides is 1. The molecule has 18 heavy (non-hydrogen) atoms. The van der Waals surface area contributed by atoms with E-state index in [0.717, 1.165) is 11.5 Å². The fraction of sp³-hybridized carbons (Fsp3) is 0.667. The molecule has 1 aromatic heterocycles. The fourth-order valence-corrected chi connectivity index (χ4v) is 3.56. The zero-order valence-electron chi connectivity index (χ0n) is 10.9. The molecular weight excluding hydrogens is 248 g/mol. The van der Waals surface area contributed by atoms with Crippen LogP contribution in [0.3, 0.4) is 0 Å². The topological polar surface area (TPSA) is 71.2 Å². The van der Waals surface area contributed by atoms with Crippen molar-refractivity contribution in [3.8, 4) is 0 Å². The summed E-state index contributed by atoms with van der Waals surface area (Å²) in [5.74, 6) is 0.193. The van der Waals surface area contributed by atoms with Crippen molar-refractivity contribution in [2.45, 2.75) is 38.6 Å². The van der Waals surface area contributed by atoms with Crippen LogP contribution in [0.2, 0.25) is 0 Å². The van der Waals surface area contributed by atoms with Crippen molar-refractivity contribution in [2.75, 3.05) is 24.2 Å². The second-order valence-corrected chi connectivity index (χ2v) is 5.30. The van der Waals surface area contributed by atoms with Crippen LogP contribution in [0, 0.1) is 0 Å². The number of nitrogens with zero attached hydrogens (tertiary/aromatic N) is 2. The average Bonchev–Trinajstić information content (AvgIpc) is 3.00. The molecule has 1 heterocycles. The SMILES string of the molecule is CCN(c1snc(N)c1C(=O)NC)C1CCCC1. The summed E-state index contributed by atoms with van der Waals surface area (Å²) >= 11 is 1.33. The average molecular weight is 268 g/mol. The fourth-order valence-electron chi connectivity index (χ4n) is 2.61. The number of hydrogen-bond donors (Lipinski definition) is 2. The largest absolute Gasteiger partial charge is 0.382 e. The summed E-state index contributed by atoms with van der Waals surface area (Å²) in [7, 11) is 1.62. The number of nitrogens with two attached hydrogens (primary N) is 1. The summed E-state index contributed by atoms with van der Waals surface area (Å²) < 4.78 is 4.14. The number of nitrogen functional groups attached to an aromatic ring is 1. The quantitative estimate of drug-likeness (QED) is 0.874. The van der Waals surface area contributed by atoms with Gasteiger partial charge in [0.1, 0.15) is 10.6 Å². The van der Waals surface area contributed by atoms with E-state index in [1.165, 1.54) is 37.2 Å². The normalized spacial score (nSPS) is 15.9. The van der Waals surface area contributed by atoms with E-state index in [1.807, 2.05) is 0 Å². The molecule has 1 fully saturated rings. The van der Waals surface area contributed by atoms with Gasteiger partial charge in [0.25, 0.3) is 5.91 Å². The number of anilines is 2. The number of aromatic nitrogens is 1. The highest BCUT2D eigenvalue weighted by Crippen LogP contribution is 2.35. The molecule has 1 amide bonds. The molecule has 1 saturated carbocycles. The lowest BCUT2D eigenvalue weighted by Gasteiger charge is -2.28. The molecule has 2 rings (SSSR count). The van der Waals surface area contributed by atoms with Gasteiger partial charge in [0.2, 0.25) is 0 Å². The number of rotatable bonds is 4. The lowest BCUT2D eigenvalue weighted by atomic mass is 10.2. The van der Waals surface area contributed by atoms with Gasteiger partial charge in [0.15, 0.2) is 5.82 Å². The van der Waals surface area contributed by atoms with Gasteiger partial charge in [-0.25, -0.2) is 0 Å². The van der Waals surface area contributed by atoms with Crippen molar-refractivity contribution in [1.29, 1.82) is 0 Å². The Morgan fingerprint density at radius 2 is 2.22 bits per heavy atom. The van der Waals surface area contributed by atoms with E-state index in [1.54, 1.807) is 7.05 Å². The van der Waals surface area contributed by atoms with Gasteiger partial charge in [0.05, 0.1) is 0 Å². The Morgan fingerprint density at radius 1 is 1.56 bits per heavy atom. The molecular formula is C12H20N4OS. The Hall–Kier alpha value is -1.30. The van der Waals surface area contributed by atoms with Gasteiger partial charge in [-0.3, -0.25) is 4.79 Å². The standard InChI is InChI=1S/C12H20N4OS/c1-3-16(8-6-4-5-7-8)12-9(11(17)14-2)10(13)15-18-12/h8H,3-7H2,1-2H3,(H2,13,15)(H,14,17). The first kappa shape index (κ1) is 13.1. The van der Waals surface area contributed by atoms with Gasteiger partial charge in [-0.1, -0.05) is 12.8 Å². The maximum Gasteiger partial charge on any atom is 0.257 e. The molecule has 0 unspecified atom stereocenters. The zero-order valence-corrected chi connectivity index (χ0v) is 11.7. The van der Waals surface area contributed by atoms with Crippen molar-refractivity contribution < 1.29 is 4.79 Å². The van der Waals surface area contributed by atoms with Crippen molar-refractivity contribution in [1.82, 2.24) is 9.69 Å². The van der Waals surface area contributed by atoms with Crippen molar-refractivity contribution in [3.05, 3.63) is 5.56 Å². The van der Waals surface area contributed by atoms with E-state index in [2.05, 4.69) is 21.5 Å². The maximum atomic E-state index is 11.9. The highest BCUT2D eigenvalue weighted by molar-refractivity contribution is 7.11. The van der Waals surface area contributed by atoms with Crippen LogP contribution in [-0.4, -0.2) is 29.9 Å². The highest BCUT2D eigenvalue weighted by Gasteiger charge is 2.28. The molecule has 0 radical (unpaired) electrons. The minimum atomic E-state index is -0.146. The minimum Gasteiger partial charge on any atom is -0.382 e. The Balaban J connectivity index is 2.33. The Kier molecular flexibility index (Phi) is 4.06. The van der Waals surface area contributed by atoms with Crippen LogP contribution in [0.1, 0.15) is 43.0 Å². The maximum absolute atomic E-state index is 11.9. The smallest absolute Gasteiger partial charge is 0.257 e. The molecule has 0 atom stereocenters. The number of carbonyl (C=O) groups excluding carboxylic acids is 1. The summed E-state index contributed by atoms with van der Waals surface area (Å²) in [4.78, 5) is 14.2. The molecule has 0 aliphatic heterocycles. The van der Waals surface area contributed by atoms with Crippen LogP contribution in [-0.2, 0) is 0 Å². The van der Waals surface area contributed by atoms with Gasteiger partial charge in [-0.05, 0) is 31.3 Å². The highest BCUT2D eigenvalue weighted by atomic mass is 32.1. The Bertz CT molecular complexity index is 426. The van der Waals surface area contributed by atoms with Gasteiger partial charge in [-0.2, -0.15) is 4.37 Å². The zero-order chi connectivity index (χ0) is 13.1. The summed E-state index contributed by atoms with van der Waals surface area (Å²) in [6.45, 7) is 3.00. The number of nitrogens with one attached hydrogen (secondary N) is 1. The van der Waals surface area contributed by atoms with Crippen molar-refractivity contribution in [3.63, 3.8) is 0 Å². The van der Waals surface area contributed by atoms with E-state index < -0.39 is 0 Å². The molecule has 0 spiro atoms. The van der Waals surface area contributed by atoms with E-state index in [4.69, 9.17) is 5.73 Å². The number of carbonyl (C=O) groups is 1. The number of hydrogen-bond acceptors (Lipinski definition) is 5. The van der Waals surface area contributed by atoms with Gasteiger partial charge in [0, 0.05) is 19.6 Å². The molecule has 0 saturated heterocycles. The van der Waals surface area contributed by atoms with E-state index in [0.29, 0.717) is 17.4 Å². The second kappa shape index (κ2) is 5.56. The predicted octanol–water partition coefficient (Wildman–Crippen LogP) is 1.85. The molecule has 5 nitrogen and oxygen atoms in total. The van der Waals surface area contributed by atoms with Crippen molar-refractivity contribution >= 4 is 28.3 Å². The monoisotopic (exact) mass is 268 g/mol. The summed E-state index contributed by atoms with van der Waals surface area (Å²) in [5.41, 5.74) is 6.36. The molecule has 1 aliphatic rings. The van der Waals surface area contributed by atoms with E-state index in [9.17, 15) is 4.79 Å². The third-order valence-corrected chi connectivity index (χ3v) is 4.42. The van der Waals surface area contributed by atoms with Crippen LogP contribution in [0.5, 0.6) is 0 Å². The van der Waals surface area contributed by atoms with Gasteiger partial charge < -0.3 is 16.0 Å². The van der Waals surface area contributed by atoms with Crippen LogP contribution in [0.4, 0.5) is 10.8 Å². The van der Waals surface area contributed by atoms with Gasteiger partial charge >= 0.3 is 0 Å². The minimum absolute atomic E-state index is 0.146. The molecule has 6 heteroatoms. The Labute approximate surface area is 112 Å². The second-order valence-electron chi connectivity index (χ2n) is 4.55. The molecule has 3 N–H and O–H groups in total. The van der Waals surface area contributed by atoms with Crippen LogP contribution < -0.4 is 16.0 Å². The molecule has 0 bridgehead atoms. The van der Waals surface area contributed by atoms with E-state index >= 15 is 0 Å². The predicted molar refractivity (Wildman–Crippen MR) is 75.2 cm³/mol. The molecule has 100 valence electrons.